The Morgan fingerprint density at radius 2 is 1.86 bits per heavy atom. The molecule has 7 heteroatoms. The van der Waals surface area contributed by atoms with E-state index in [4.69, 9.17) is 18.7 Å². The Hall–Kier alpha value is -3.19. The predicted molar refractivity (Wildman–Crippen MR) is 107 cm³/mol. The maximum atomic E-state index is 12.4. The SMILES string of the molecule is CCOCc1cc(C(=O)OCc2nc(-c3ccc(CC)cc3)no2)ccc1OC. The zero-order chi connectivity index (χ0) is 20.6. The molecule has 3 aromatic rings. The zero-order valence-corrected chi connectivity index (χ0v) is 16.8. The van der Waals surface area contributed by atoms with E-state index < -0.39 is 5.97 Å². The maximum absolute atomic E-state index is 12.4. The van der Waals surface area contributed by atoms with Crippen LogP contribution in [0.3, 0.4) is 0 Å². The molecule has 0 bridgehead atoms. The minimum atomic E-state index is -0.488. The van der Waals surface area contributed by atoms with Crippen molar-refractivity contribution < 1.29 is 23.5 Å². The third kappa shape index (κ3) is 5.20. The summed E-state index contributed by atoms with van der Waals surface area (Å²) < 4.78 is 21.2. The molecule has 3 rings (SSSR count). The standard InChI is InChI=1S/C22H24N2O5/c1-4-15-6-8-16(9-7-15)21-23-20(29-24-21)14-28-22(25)17-10-11-19(26-3)18(12-17)13-27-5-2/h6-12H,4-5,13-14H2,1-3H3. The normalized spacial score (nSPS) is 10.7. The van der Waals surface area contributed by atoms with E-state index in [0.29, 0.717) is 30.4 Å². The lowest BCUT2D eigenvalue weighted by Crippen LogP contribution is -2.07. The van der Waals surface area contributed by atoms with E-state index >= 15 is 0 Å². The molecule has 1 aromatic heterocycles. The van der Waals surface area contributed by atoms with E-state index in [-0.39, 0.29) is 12.5 Å². The van der Waals surface area contributed by atoms with Crippen molar-refractivity contribution in [2.24, 2.45) is 0 Å². The van der Waals surface area contributed by atoms with Crippen LogP contribution in [0.5, 0.6) is 5.75 Å². The molecule has 152 valence electrons. The zero-order valence-electron chi connectivity index (χ0n) is 16.8. The molecule has 0 amide bonds. The van der Waals surface area contributed by atoms with E-state index in [9.17, 15) is 4.79 Å². The number of rotatable bonds is 9. The summed E-state index contributed by atoms with van der Waals surface area (Å²) in [5.41, 5.74) is 3.25. The second-order valence-electron chi connectivity index (χ2n) is 6.30. The van der Waals surface area contributed by atoms with Crippen molar-refractivity contribution in [2.75, 3.05) is 13.7 Å². The van der Waals surface area contributed by atoms with Crippen molar-refractivity contribution in [1.29, 1.82) is 0 Å². The summed E-state index contributed by atoms with van der Waals surface area (Å²) in [5.74, 6) is 0.862. The Bertz CT molecular complexity index is 950. The van der Waals surface area contributed by atoms with Crippen LogP contribution >= 0.6 is 0 Å². The first-order valence-electron chi connectivity index (χ1n) is 9.48. The third-order valence-electron chi connectivity index (χ3n) is 4.39. The van der Waals surface area contributed by atoms with E-state index in [0.717, 1.165) is 17.5 Å². The lowest BCUT2D eigenvalue weighted by molar-refractivity contribution is 0.0429. The lowest BCUT2D eigenvalue weighted by atomic mass is 10.1. The Morgan fingerprint density at radius 3 is 2.55 bits per heavy atom. The van der Waals surface area contributed by atoms with Crippen LogP contribution in [-0.2, 0) is 29.1 Å². The second-order valence-corrected chi connectivity index (χ2v) is 6.30. The van der Waals surface area contributed by atoms with E-state index in [1.807, 2.05) is 31.2 Å². The van der Waals surface area contributed by atoms with Crippen molar-refractivity contribution in [1.82, 2.24) is 10.1 Å². The first-order chi connectivity index (χ1) is 14.1. The van der Waals surface area contributed by atoms with Gasteiger partial charge in [-0.05, 0) is 37.1 Å². The van der Waals surface area contributed by atoms with Gasteiger partial charge in [0.05, 0.1) is 19.3 Å². The molecular formula is C22H24N2O5. The van der Waals surface area contributed by atoms with Crippen LogP contribution in [0, 0.1) is 0 Å². The predicted octanol–water partition coefficient (Wildman–Crippen LogP) is 4.20. The molecule has 0 fully saturated rings. The molecule has 0 spiro atoms. The quantitative estimate of drug-likeness (QED) is 0.501. The number of carbonyl (C=O) groups is 1. The van der Waals surface area contributed by atoms with Crippen LogP contribution < -0.4 is 4.74 Å². The fourth-order valence-corrected chi connectivity index (χ4v) is 2.76. The number of aryl methyl sites for hydroxylation is 1. The molecule has 29 heavy (non-hydrogen) atoms. The van der Waals surface area contributed by atoms with Crippen molar-refractivity contribution >= 4 is 5.97 Å². The summed E-state index contributed by atoms with van der Waals surface area (Å²) in [6.45, 7) is 4.81. The van der Waals surface area contributed by atoms with Crippen molar-refractivity contribution in [2.45, 2.75) is 33.5 Å². The van der Waals surface area contributed by atoms with Crippen LogP contribution in [0.2, 0.25) is 0 Å². The number of methoxy groups -OCH3 is 1. The Balaban J connectivity index is 1.64. The average Bonchev–Trinajstić information content (AvgIpc) is 3.25. The fourth-order valence-electron chi connectivity index (χ4n) is 2.76. The van der Waals surface area contributed by atoms with Gasteiger partial charge in [0.25, 0.3) is 5.89 Å². The lowest BCUT2D eigenvalue weighted by Gasteiger charge is -2.10. The van der Waals surface area contributed by atoms with Crippen molar-refractivity contribution in [3.05, 3.63) is 65.0 Å². The fraction of sp³-hybridized carbons (Fsp3) is 0.318. The Morgan fingerprint density at radius 1 is 1.07 bits per heavy atom. The number of aromatic nitrogens is 2. The van der Waals surface area contributed by atoms with Gasteiger partial charge in [-0.2, -0.15) is 4.98 Å². The monoisotopic (exact) mass is 396 g/mol. The van der Waals surface area contributed by atoms with E-state index in [2.05, 4.69) is 17.1 Å². The molecule has 0 aliphatic rings. The summed E-state index contributed by atoms with van der Waals surface area (Å²) in [5, 5.41) is 3.95. The Labute approximate surface area is 169 Å². The molecule has 1 heterocycles. The number of esters is 1. The van der Waals surface area contributed by atoms with Gasteiger partial charge in [0, 0.05) is 17.7 Å². The molecule has 2 aromatic carbocycles. The van der Waals surface area contributed by atoms with Crippen LogP contribution in [-0.4, -0.2) is 29.8 Å². The first-order valence-corrected chi connectivity index (χ1v) is 9.48. The van der Waals surface area contributed by atoms with Gasteiger partial charge in [0.15, 0.2) is 6.61 Å². The van der Waals surface area contributed by atoms with E-state index in [1.165, 1.54) is 5.56 Å². The maximum Gasteiger partial charge on any atom is 0.338 e. The molecule has 0 saturated heterocycles. The van der Waals surface area contributed by atoms with Crippen LogP contribution in [0.1, 0.15) is 41.2 Å². The largest absolute Gasteiger partial charge is 0.496 e. The number of hydrogen-bond donors (Lipinski definition) is 0. The minimum absolute atomic E-state index is 0.105. The van der Waals surface area contributed by atoms with Gasteiger partial charge in [-0.15, -0.1) is 0 Å². The highest BCUT2D eigenvalue weighted by Crippen LogP contribution is 2.22. The molecule has 0 N–H and O–H groups in total. The highest BCUT2D eigenvalue weighted by Gasteiger charge is 2.15. The molecule has 0 radical (unpaired) electrons. The summed E-state index contributed by atoms with van der Waals surface area (Å²) in [6.07, 6.45) is 0.964. The first kappa shape index (κ1) is 20.5. The molecule has 0 aliphatic carbocycles. The van der Waals surface area contributed by atoms with Crippen LogP contribution in [0.4, 0.5) is 0 Å². The number of hydrogen-bond acceptors (Lipinski definition) is 7. The number of nitrogens with zero attached hydrogens (tertiary/aromatic N) is 2. The molecule has 0 unspecified atom stereocenters. The van der Waals surface area contributed by atoms with Gasteiger partial charge in [-0.1, -0.05) is 36.3 Å². The third-order valence-corrected chi connectivity index (χ3v) is 4.39. The second kappa shape index (κ2) is 9.84. The van der Waals surface area contributed by atoms with E-state index in [1.54, 1.807) is 25.3 Å². The highest BCUT2D eigenvalue weighted by atomic mass is 16.6. The van der Waals surface area contributed by atoms with Gasteiger partial charge in [0.2, 0.25) is 5.82 Å². The molecule has 7 nitrogen and oxygen atoms in total. The van der Waals surface area contributed by atoms with Crippen LogP contribution in [0.25, 0.3) is 11.4 Å². The minimum Gasteiger partial charge on any atom is -0.496 e. The summed E-state index contributed by atoms with van der Waals surface area (Å²) in [4.78, 5) is 16.7. The highest BCUT2D eigenvalue weighted by molar-refractivity contribution is 5.89. The summed E-state index contributed by atoms with van der Waals surface area (Å²) in [6, 6.07) is 13.0. The van der Waals surface area contributed by atoms with Gasteiger partial charge >= 0.3 is 5.97 Å². The van der Waals surface area contributed by atoms with Crippen LogP contribution in [0.15, 0.2) is 47.0 Å². The molecule has 0 saturated carbocycles. The summed E-state index contributed by atoms with van der Waals surface area (Å²) in [7, 11) is 1.58. The number of benzene rings is 2. The number of carbonyl (C=O) groups excluding carboxylic acids is 1. The number of ether oxygens (including phenoxy) is 3. The van der Waals surface area contributed by atoms with Gasteiger partial charge < -0.3 is 18.7 Å². The van der Waals surface area contributed by atoms with Crippen molar-refractivity contribution in [3.63, 3.8) is 0 Å². The Kier molecular flexibility index (Phi) is 6.97. The molecule has 0 atom stereocenters. The molecule has 0 aliphatic heterocycles. The smallest absolute Gasteiger partial charge is 0.338 e. The average molecular weight is 396 g/mol. The van der Waals surface area contributed by atoms with Gasteiger partial charge in [0.1, 0.15) is 5.75 Å². The van der Waals surface area contributed by atoms with Gasteiger partial charge in [-0.25, -0.2) is 4.79 Å². The molecular weight excluding hydrogens is 372 g/mol. The van der Waals surface area contributed by atoms with Crippen molar-refractivity contribution in [3.8, 4) is 17.1 Å². The topological polar surface area (TPSA) is 83.7 Å². The summed E-state index contributed by atoms with van der Waals surface area (Å²) >= 11 is 0. The van der Waals surface area contributed by atoms with Gasteiger partial charge in [-0.3, -0.25) is 0 Å².